The first-order valence-electron chi connectivity index (χ1n) is 5.90. The zero-order chi connectivity index (χ0) is 12.4. The molecule has 0 aliphatic rings. The molecular formula is C14H18N2O. The Balaban J connectivity index is 2.31. The summed E-state index contributed by atoms with van der Waals surface area (Å²) in [4.78, 5) is 0. The van der Waals surface area contributed by atoms with E-state index in [1.54, 1.807) is 10.7 Å². The highest BCUT2D eigenvalue weighted by Gasteiger charge is 2.09. The van der Waals surface area contributed by atoms with Gasteiger partial charge in [-0.05, 0) is 12.8 Å². The van der Waals surface area contributed by atoms with Crippen LogP contribution in [0.1, 0.15) is 19.4 Å². The predicted molar refractivity (Wildman–Crippen MR) is 68.9 cm³/mol. The highest BCUT2D eigenvalue weighted by molar-refractivity contribution is 5.60. The van der Waals surface area contributed by atoms with Gasteiger partial charge in [-0.2, -0.15) is 5.10 Å². The first-order chi connectivity index (χ1) is 8.06. The van der Waals surface area contributed by atoms with Gasteiger partial charge >= 0.3 is 0 Å². The Labute approximate surface area is 102 Å². The average molecular weight is 230 g/mol. The van der Waals surface area contributed by atoms with Crippen LogP contribution in [0.25, 0.3) is 11.3 Å². The Bertz CT molecular complexity index is 497. The zero-order valence-corrected chi connectivity index (χ0v) is 10.5. The molecule has 90 valence electrons. The number of rotatable bonds is 3. The van der Waals surface area contributed by atoms with Gasteiger partial charge in [-0.15, -0.1) is 0 Å². The number of hydrogen-bond acceptors (Lipinski definition) is 2. The van der Waals surface area contributed by atoms with Crippen LogP contribution in [0.3, 0.4) is 0 Å². The van der Waals surface area contributed by atoms with Gasteiger partial charge in [0, 0.05) is 18.2 Å². The summed E-state index contributed by atoms with van der Waals surface area (Å²) in [5, 5.41) is 14.2. The standard InChI is InChI=1S/C14H18N2O/c1-10(2)9-16-14(17)8-13(15-16)12-6-4-11(3)5-7-12/h4-8,10,17H,9H2,1-3H3. The van der Waals surface area contributed by atoms with E-state index in [-0.39, 0.29) is 5.88 Å². The lowest BCUT2D eigenvalue weighted by Gasteiger charge is -2.05. The van der Waals surface area contributed by atoms with Crippen LogP contribution < -0.4 is 0 Å². The topological polar surface area (TPSA) is 38.0 Å². The highest BCUT2D eigenvalue weighted by atomic mass is 16.3. The maximum absolute atomic E-state index is 9.80. The van der Waals surface area contributed by atoms with E-state index in [1.807, 2.05) is 24.3 Å². The van der Waals surface area contributed by atoms with Crippen molar-refractivity contribution in [2.45, 2.75) is 27.3 Å². The van der Waals surface area contributed by atoms with Crippen LogP contribution in [0.15, 0.2) is 30.3 Å². The number of aromatic hydroxyl groups is 1. The van der Waals surface area contributed by atoms with Gasteiger partial charge in [0.15, 0.2) is 0 Å². The summed E-state index contributed by atoms with van der Waals surface area (Å²) >= 11 is 0. The number of aryl methyl sites for hydroxylation is 1. The maximum Gasteiger partial charge on any atom is 0.209 e. The Morgan fingerprint density at radius 1 is 1.24 bits per heavy atom. The summed E-state index contributed by atoms with van der Waals surface area (Å²) in [5.41, 5.74) is 3.08. The molecule has 3 nitrogen and oxygen atoms in total. The lowest BCUT2D eigenvalue weighted by atomic mass is 10.1. The van der Waals surface area contributed by atoms with Crippen LogP contribution in [0.4, 0.5) is 0 Å². The second-order valence-corrected chi connectivity index (χ2v) is 4.83. The summed E-state index contributed by atoms with van der Waals surface area (Å²) in [6, 6.07) is 9.86. The molecule has 2 aromatic rings. The van der Waals surface area contributed by atoms with Gasteiger partial charge in [-0.25, -0.2) is 4.68 Å². The molecule has 0 amide bonds. The Morgan fingerprint density at radius 3 is 2.47 bits per heavy atom. The molecule has 0 aliphatic carbocycles. The molecule has 3 heteroatoms. The van der Waals surface area contributed by atoms with Crippen LogP contribution in [0, 0.1) is 12.8 Å². The maximum atomic E-state index is 9.80. The van der Waals surface area contributed by atoms with Gasteiger partial charge in [0.25, 0.3) is 0 Å². The molecule has 0 saturated carbocycles. The van der Waals surface area contributed by atoms with Crippen LogP contribution in [-0.2, 0) is 6.54 Å². The molecular weight excluding hydrogens is 212 g/mol. The van der Waals surface area contributed by atoms with Gasteiger partial charge in [-0.1, -0.05) is 43.7 Å². The molecule has 0 spiro atoms. The van der Waals surface area contributed by atoms with Gasteiger partial charge in [0.2, 0.25) is 5.88 Å². The molecule has 0 unspecified atom stereocenters. The lowest BCUT2D eigenvalue weighted by Crippen LogP contribution is -2.05. The quantitative estimate of drug-likeness (QED) is 0.879. The van der Waals surface area contributed by atoms with Crippen molar-refractivity contribution in [1.29, 1.82) is 0 Å². The van der Waals surface area contributed by atoms with Crippen molar-refractivity contribution in [3.05, 3.63) is 35.9 Å². The fraction of sp³-hybridized carbons (Fsp3) is 0.357. The van der Waals surface area contributed by atoms with E-state index in [0.717, 1.165) is 17.8 Å². The van der Waals surface area contributed by atoms with Crippen molar-refractivity contribution >= 4 is 0 Å². The zero-order valence-electron chi connectivity index (χ0n) is 10.5. The van der Waals surface area contributed by atoms with Crippen molar-refractivity contribution in [1.82, 2.24) is 9.78 Å². The second kappa shape index (κ2) is 4.62. The van der Waals surface area contributed by atoms with Gasteiger partial charge in [0.1, 0.15) is 0 Å². The fourth-order valence-electron chi connectivity index (χ4n) is 1.75. The molecule has 17 heavy (non-hydrogen) atoms. The minimum atomic E-state index is 0.231. The first-order valence-corrected chi connectivity index (χ1v) is 5.90. The fourth-order valence-corrected chi connectivity index (χ4v) is 1.75. The summed E-state index contributed by atoms with van der Waals surface area (Å²) in [5.74, 6) is 0.695. The van der Waals surface area contributed by atoms with E-state index in [1.165, 1.54) is 5.56 Å². The van der Waals surface area contributed by atoms with Crippen molar-refractivity contribution in [3.8, 4) is 17.1 Å². The van der Waals surface area contributed by atoms with Gasteiger partial charge in [-0.3, -0.25) is 0 Å². The molecule has 1 aromatic heterocycles. The Morgan fingerprint density at radius 2 is 1.88 bits per heavy atom. The van der Waals surface area contributed by atoms with Crippen molar-refractivity contribution in [2.75, 3.05) is 0 Å². The van der Waals surface area contributed by atoms with Gasteiger partial charge < -0.3 is 5.11 Å². The number of nitrogens with zero attached hydrogens (tertiary/aromatic N) is 2. The minimum Gasteiger partial charge on any atom is -0.493 e. The third kappa shape index (κ3) is 2.67. The first kappa shape index (κ1) is 11.7. The highest BCUT2D eigenvalue weighted by Crippen LogP contribution is 2.23. The van der Waals surface area contributed by atoms with Crippen LogP contribution in [0.2, 0.25) is 0 Å². The number of hydrogen-bond donors (Lipinski definition) is 1. The molecule has 0 saturated heterocycles. The third-order valence-corrected chi connectivity index (χ3v) is 2.64. The molecule has 1 heterocycles. The molecule has 0 radical (unpaired) electrons. The summed E-state index contributed by atoms with van der Waals surface area (Å²) < 4.78 is 1.65. The molecule has 2 rings (SSSR count). The van der Waals surface area contributed by atoms with E-state index < -0.39 is 0 Å². The summed E-state index contributed by atoms with van der Waals surface area (Å²) in [6.45, 7) is 7.00. The van der Waals surface area contributed by atoms with E-state index in [0.29, 0.717) is 5.92 Å². The lowest BCUT2D eigenvalue weighted by molar-refractivity contribution is 0.372. The summed E-state index contributed by atoms with van der Waals surface area (Å²) in [7, 11) is 0. The normalized spacial score (nSPS) is 11.1. The van der Waals surface area contributed by atoms with Crippen molar-refractivity contribution < 1.29 is 5.11 Å². The third-order valence-electron chi connectivity index (χ3n) is 2.64. The van der Waals surface area contributed by atoms with Crippen LogP contribution >= 0.6 is 0 Å². The smallest absolute Gasteiger partial charge is 0.209 e. The van der Waals surface area contributed by atoms with Crippen molar-refractivity contribution in [3.63, 3.8) is 0 Å². The van der Waals surface area contributed by atoms with E-state index in [9.17, 15) is 5.11 Å². The van der Waals surface area contributed by atoms with E-state index >= 15 is 0 Å². The predicted octanol–water partition coefficient (Wildman–Crippen LogP) is 3.22. The molecule has 0 fully saturated rings. The molecule has 0 aliphatic heterocycles. The largest absolute Gasteiger partial charge is 0.493 e. The monoisotopic (exact) mass is 230 g/mol. The van der Waals surface area contributed by atoms with Crippen molar-refractivity contribution in [2.24, 2.45) is 5.92 Å². The number of aromatic nitrogens is 2. The van der Waals surface area contributed by atoms with E-state index in [2.05, 4.69) is 25.9 Å². The van der Waals surface area contributed by atoms with Gasteiger partial charge in [0.05, 0.1) is 5.69 Å². The van der Waals surface area contributed by atoms with E-state index in [4.69, 9.17) is 0 Å². The average Bonchev–Trinajstić information content (AvgIpc) is 2.60. The molecule has 1 N–H and O–H groups in total. The second-order valence-electron chi connectivity index (χ2n) is 4.83. The summed E-state index contributed by atoms with van der Waals surface area (Å²) in [6.07, 6.45) is 0. The SMILES string of the molecule is Cc1ccc(-c2cc(O)n(CC(C)C)n2)cc1. The minimum absolute atomic E-state index is 0.231. The van der Waals surface area contributed by atoms with Crippen LogP contribution in [0.5, 0.6) is 5.88 Å². The molecule has 1 aromatic carbocycles. The molecule has 0 bridgehead atoms. The Hall–Kier alpha value is -1.77. The molecule has 0 atom stereocenters. The Kier molecular flexibility index (Phi) is 3.18. The van der Waals surface area contributed by atoms with Crippen LogP contribution in [-0.4, -0.2) is 14.9 Å². The number of benzene rings is 1.